The van der Waals surface area contributed by atoms with Gasteiger partial charge in [-0.25, -0.2) is 18.8 Å². The Balaban J connectivity index is 1.24. The molecule has 0 radical (unpaired) electrons. The van der Waals surface area contributed by atoms with Gasteiger partial charge in [-0.1, -0.05) is 49.3 Å². The normalized spacial score (nSPS) is 26.0. The van der Waals surface area contributed by atoms with Crippen molar-refractivity contribution in [2.45, 2.75) is 116 Å². The van der Waals surface area contributed by atoms with Crippen LogP contribution in [0.15, 0.2) is 54.6 Å². The fourth-order valence-corrected chi connectivity index (χ4v) is 7.85. The molecule has 2 fully saturated rings. The van der Waals surface area contributed by atoms with E-state index < -0.39 is 59.1 Å². The van der Waals surface area contributed by atoms with Crippen LogP contribution in [0.4, 0.5) is 14.0 Å². The summed E-state index contributed by atoms with van der Waals surface area (Å²) in [4.78, 5) is 83.4. The molecule has 2 aromatic rings. The van der Waals surface area contributed by atoms with E-state index in [9.17, 15) is 38.3 Å². The van der Waals surface area contributed by atoms with Crippen molar-refractivity contribution >= 4 is 35.8 Å². The number of carboxylic acid groups (broad SMARTS) is 1. The monoisotopic (exact) mass is 760 g/mol. The van der Waals surface area contributed by atoms with Crippen molar-refractivity contribution in [2.75, 3.05) is 6.54 Å². The number of carbonyl (C=O) groups is 6. The van der Waals surface area contributed by atoms with Gasteiger partial charge in [0.05, 0.1) is 30.1 Å². The average molecular weight is 761 g/mol. The van der Waals surface area contributed by atoms with Crippen LogP contribution in [0.2, 0.25) is 0 Å². The number of aromatic carboxylic acids is 1. The van der Waals surface area contributed by atoms with Gasteiger partial charge in [0.15, 0.2) is 5.78 Å². The van der Waals surface area contributed by atoms with Gasteiger partial charge in [0.2, 0.25) is 11.8 Å². The van der Waals surface area contributed by atoms with E-state index in [1.165, 1.54) is 28.0 Å². The zero-order chi connectivity index (χ0) is 39.5. The number of Topliss-reactive ketones (excluding diaryl/α,β-unsaturated/α-hetero) is 1. The highest BCUT2D eigenvalue weighted by molar-refractivity contribution is 5.97. The molecule has 1 aliphatic carbocycles. The molecule has 0 unspecified atom stereocenters. The Morgan fingerprint density at radius 3 is 2.56 bits per heavy atom. The number of carbonyl (C=O) groups excluding carboxylic acids is 5. The van der Waals surface area contributed by atoms with E-state index in [-0.39, 0.29) is 62.2 Å². The highest BCUT2D eigenvalue weighted by atomic mass is 19.1. The number of nitrogens with zero attached hydrogens (tertiary/aromatic N) is 2. The van der Waals surface area contributed by atoms with Crippen LogP contribution >= 0.6 is 0 Å². The van der Waals surface area contributed by atoms with Crippen LogP contribution in [0.5, 0.6) is 0 Å². The predicted octanol–water partition coefficient (Wildman–Crippen LogP) is 5.64. The lowest BCUT2D eigenvalue weighted by Crippen LogP contribution is -2.53. The SMILES string of the molecule is CC(C)(C)OC(=O)N[C@H]1CCCCC/C=C\[C@@H]2C[C@@]2(C(=O)NCc2cccc(C(=O)O)c2)CC(=O)[C@@H]2C[C@@H](OC(=O)N3Cc4cccc(F)c4C3)CN2C1=O. The van der Waals surface area contributed by atoms with E-state index in [0.29, 0.717) is 36.0 Å². The number of rotatable bonds is 6. The van der Waals surface area contributed by atoms with E-state index >= 15 is 0 Å². The number of halogens is 1. The first-order valence-electron chi connectivity index (χ1n) is 19.0. The van der Waals surface area contributed by atoms with Crippen molar-refractivity contribution in [1.29, 1.82) is 0 Å². The summed E-state index contributed by atoms with van der Waals surface area (Å²) in [6, 6.07) is 8.81. The molecular weight excluding hydrogens is 711 g/mol. The average Bonchev–Trinajstić information content (AvgIpc) is 3.42. The number of ketones is 1. The van der Waals surface area contributed by atoms with E-state index in [4.69, 9.17) is 9.47 Å². The molecule has 0 aromatic heterocycles. The minimum Gasteiger partial charge on any atom is -0.478 e. The highest BCUT2D eigenvalue weighted by Crippen LogP contribution is 2.57. The smallest absolute Gasteiger partial charge is 0.410 e. The number of alkyl carbamates (subject to hydrolysis) is 1. The molecule has 1 saturated heterocycles. The summed E-state index contributed by atoms with van der Waals surface area (Å²) in [6.07, 6.45) is 5.02. The Morgan fingerprint density at radius 2 is 1.82 bits per heavy atom. The number of benzene rings is 2. The Hall–Kier alpha value is -5.27. The molecule has 55 heavy (non-hydrogen) atoms. The van der Waals surface area contributed by atoms with Gasteiger partial charge in [-0.3, -0.25) is 19.3 Å². The van der Waals surface area contributed by atoms with Crippen LogP contribution < -0.4 is 10.6 Å². The number of nitrogens with one attached hydrogen (secondary N) is 2. The Kier molecular flexibility index (Phi) is 11.6. The first kappa shape index (κ1) is 39.4. The van der Waals surface area contributed by atoms with Gasteiger partial charge in [0.1, 0.15) is 23.6 Å². The summed E-state index contributed by atoms with van der Waals surface area (Å²) < 4.78 is 25.8. The zero-order valence-electron chi connectivity index (χ0n) is 31.5. The van der Waals surface area contributed by atoms with Gasteiger partial charge in [0, 0.05) is 31.5 Å². The van der Waals surface area contributed by atoms with Gasteiger partial charge in [0.25, 0.3) is 0 Å². The number of ether oxygens (including phenoxy) is 2. The predicted molar refractivity (Wildman–Crippen MR) is 197 cm³/mol. The molecule has 2 aromatic carbocycles. The summed E-state index contributed by atoms with van der Waals surface area (Å²) in [6.45, 7) is 5.25. The summed E-state index contributed by atoms with van der Waals surface area (Å²) in [7, 11) is 0. The lowest BCUT2D eigenvalue weighted by molar-refractivity contribution is -0.140. The van der Waals surface area contributed by atoms with Crippen molar-refractivity contribution < 1.29 is 47.7 Å². The van der Waals surface area contributed by atoms with Gasteiger partial charge in [-0.2, -0.15) is 0 Å². The maximum atomic E-state index is 14.5. The Labute approximate surface area is 319 Å². The molecule has 0 bridgehead atoms. The summed E-state index contributed by atoms with van der Waals surface area (Å²) in [5, 5.41) is 15.0. The van der Waals surface area contributed by atoms with Crippen LogP contribution in [0.3, 0.4) is 0 Å². The van der Waals surface area contributed by atoms with E-state index in [1.54, 1.807) is 45.0 Å². The third-order valence-electron chi connectivity index (χ3n) is 10.8. The second-order valence-electron chi connectivity index (χ2n) is 16.0. The quantitative estimate of drug-likeness (QED) is 0.315. The number of carboxylic acids is 1. The molecule has 5 atom stereocenters. The third kappa shape index (κ3) is 9.34. The van der Waals surface area contributed by atoms with Crippen LogP contribution in [0.25, 0.3) is 0 Å². The molecule has 14 heteroatoms. The summed E-state index contributed by atoms with van der Waals surface area (Å²) in [5.74, 6) is -2.99. The molecule has 3 heterocycles. The first-order chi connectivity index (χ1) is 26.1. The van der Waals surface area contributed by atoms with E-state index in [2.05, 4.69) is 10.6 Å². The fourth-order valence-electron chi connectivity index (χ4n) is 7.85. The molecule has 1 saturated carbocycles. The highest BCUT2D eigenvalue weighted by Gasteiger charge is 2.60. The minimum atomic E-state index is -1.10. The maximum Gasteiger partial charge on any atom is 0.410 e. The molecule has 3 aliphatic heterocycles. The van der Waals surface area contributed by atoms with Crippen molar-refractivity contribution in [1.82, 2.24) is 20.4 Å². The number of hydrogen-bond donors (Lipinski definition) is 3. The first-order valence-corrected chi connectivity index (χ1v) is 19.0. The molecule has 3 N–H and O–H groups in total. The van der Waals surface area contributed by atoms with Crippen LogP contribution in [0, 0.1) is 17.2 Å². The van der Waals surface area contributed by atoms with E-state index in [1.807, 2.05) is 12.2 Å². The number of fused-ring (bicyclic) bond motifs is 3. The van der Waals surface area contributed by atoms with Crippen LogP contribution in [-0.4, -0.2) is 81.0 Å². The van der Waals surface area contributed by atoms with Gasteiger partial charge < -0.3 is 30.1 Å². The topological polar surface area (TPSA) is 172 Å². The lowest BCUT2D eigenvalue weighted by atomic mass is 9.90. The molecule has 4 aliphatic rings. The van der Waals surface area contributed by atoms with Crippen molar-refractivity contribution in [3.63, 3.8) is 0 Å². The van der Waals surface area contributed by atoms with E-state index in [0.717, 1.165) is 19.3 Å². The maximum absolute atomic E-state index is 14.5. The Morgan fingerprint density at radius 1 is 1.04 bits per heavy atom. The number of amides is 4. The largest absolute Gasteiger partial charge is 0.478 e. The van der Waals surface area contributed by atoms with Gasteiger partial charge >= 0.3 is 18.2 Å². The Bertz CT molecular complexity index is 1880. The molecule has 4 amide bonds. The standard InChI is InChI=1S/C41H49FN4O9/c1-40(2,3)55-38(52)44-32-16-8-6-4-5-7-14-28-19-41(28,37(51)43-21-25-11-9-12-26(17-25)36(49)50)20-34(47)33-18-29(23-46(33)35(32)48)54-39(53)45-22-27-13-10-15-31(42)30(27)24-45/h7,9-15,17,28-29,32-33H,4-6,8,16,18-24H2,1-3H3,(H,43,51)(H,44,52)(H,49,50)/b14-7-/t28-,29-,32+,33+,41-/m1/s1. The minimum absolute atomic E-state index is 0.0214. The number of allylic oxidation sites excluding steroid dienone is 2. The fraction of sp³-hybridized carbons (Fsp3) is 0.512. The van der Waals surface area contributed by atoms with Crippen molar-refractivity contribution in [3.05, 3.63) is 82.7 Å². The van der Waals surface area contributed by atoms with Gasteiger partial charge in [-0.15, -0.1) is 0 Å². The molecule has 0 spiro atoms. The van der Waals surface area contributed by atoms with Crippen LogP contribution in [-0.2, 0) is 43.5 Å². The molecule has 13 nitrogen and oxygen atoms in total. The van der Waals surface area contributed by atoms with Crippen molar-refractivity contribution in [3.8, 4) is 0 Å². The zero-order valence-corrected chi connectivity index (χ0v) is 31.5. The third-order valence-corrected chi connectivity index (χ3v) is 10.8. The molecule has 6 rings (SSSR count). The second kappa shape index (κ2) is 16.2. The number of hydrogen-bond acceptors (Lipinski definition) is 8. The molecule has 294 valence electrons. The van der Waals surface area contributed by atoms with Gasteiger partial charge in [-0.05, 0) is 81.7 Å². The van der Waals surface area contributed by atoms with Crippen LogP contribution in [0.1, 0.15) is 99.2 Å². The molecular formula is C41H49FN4O9. The summed E-state index contributed by atoms with van der Waals surface area (Å²) in [5.41, 5.74) is -0.164. The summed E-state index contributed by atoms with van der Waals surface area (Å²) >= 11 is 0. The lowest BCUT2D eigenvalue weighted by Gasteiger charge is -2.30. The second-order valence-corrected chi connectivity index (χ2v) is 16.0. The van der Waals surface area contributed by atoms with Crippen molar-refractivity contribution in [2.24, 2.45) is 11.3 Å².